The zero-order chi connectivity index (χ0) is 25.7. The quantitative estimate of drug-likeness (QED) is 0.138. The average Bonchev–Trinajstić information content (AvgIpc) is 2.86. The normalized spacial score (nSPS) is 11.9. The number of rotatable bonds is 13. The van der Waals surface area contributed by atoms with Crippen LogP contribution in [-0.4, -0.2) is 49.4 Å². The molecule has 0 saturated carbocycles. The SMILES string of the molecule is CC(OC(=O)CN(C)C(=O)COP(=O)(OCc1ccccc1)OCc1ccccc1)OC(=O)OI. The van der Waals surface area contributed by atoms with Crippen molar-refractivity contribution in [3.63, 3.8) is 0 Å². The molecular formula is C22H25INO10P. The van der Waals surface area contributed by atoms with Gasteiger partial charge in [-0.3, -0.25) is 23.2 Å². The molecule has 11 nitrogen and oxygen atoms in total. The predicted octanol–water partition coefficient (Wildman–Crippen LogP) is 4.40. The van der Waals surface area contributed by atoms with Gasteiger partial charge in [-0.05, 0) is 11.1 Å². The Kier molecular flexibility index (Phi) is 12.1. The van der Waals surface area contributed by atoms with E-state index in [-0.39, 0.29) is 13.2 Å². The lowest BCUT2D eigenvalue weighted by atomic mass is 10.2. The molecule has 1 unspecified atom stereocenters. The topological polar surface area (TPSA) is 127 Å². The van der Waals surface area contributed by atoms with Crippen LogP contribution in [0, 0.1) is 0 Å². The Morgan fingerprint density at radius 1 is 0.886 bits per heavy atom. The maximum absolute atomic E-state index is 13.2. The number of phosphoric acid groups is 1. The molecule has 0 heterocycles. The Labute approximate surface area is 216 Å². The van der Waals surface area contributed by atoms with Crippen LogP contribution in [-0.2, 0) is 53.5 Å². The number of benzene rings is 2. The van der Waals surface area contributed by atoms with Crippen molar-refractivity contribution < 1.29 is 45.1 Å². The van der Waals surface area contributed by atoms with Crippen molar-refractivity contribution in [1.29, 1.82) is 0 Å². The Hall–Kier alpha value is -2.51. The van der Waals surface area contributed by atoms with Crippen LogP contribution in [0.5, 0.6) is 0 Å². The number of hydrogen-bond acceptors (Lipinski definition) is 10. The molecule has 0 aliphatic carbocycles. The summed E-state index contributed by atoms with van der Waals surface area (Å²) in [6.07, 6.45) is -2.26. The minimum absolute atomic E-state index is 0.0686. The van der Waals surface area contributed by atoms with Gasteiger partial charge >= 0.3 is 19.9 Å². The minimum Gasteiger partial charge on any atom is -0.424 e. The van der Waals surface area contributed by atoms with Crippen LogP contribution in [0.25, 0.3) is 0 Å². The summed E-state index contributed by atoms with van der Waals surface area (Å²) in [7, 11) is -2.84. The Morgan fingerprint density at radius 2 is 1.40 bits per heavy atom. The third-order valence-corrected chi connectivity index (χ3v) is 5.92. The van der Waals surface area contributed by atoms with Crippen molar-refractivity contribution >= 4 is 48.9 Å². The first-order valence-corrected chi connectivity index (χ1v) is 12.6. The largest absolute Gasteiger partial charge is 0.521 e. The molecule has 1 amide bonds. The zero-order valence-corrected chi connectivity index (χ0v) is 22.1. The maximum Gasteiger partial charge on any atom is 0.521 e. The highest BCUT2D eigenvalue weighted by Gasteiger charge is 2.29. The van der Waals surface area contributed by atoms with E-state index < -0.39 is 45.3 Å². The molecule has 13 heteroatoms. The lowest BCUT2D eigenvalue weighted by Crippen LogP contribution is -2.36. The molecule has 190 valence electrons. The first-order valence-electron chi connectivity index (χ1n) is 10.2. The second-order valence-corrected chi connectivity index (χ2v) is 9.10. The molecule has 35 heavy (non-hydrogen) atoms. The fraction of sp³-hybridized carbons (Fsp3) is 0.318. The summed E-state index contributed by atoms with van der Waals surface area (Å²) in [6, 6.07) is 17.9. The van der Waals surface area contributed by atoms with Crippen molar-refractivity contribution in [3.05, 3.63) is 71.8 Å². The van der Waals surface area contributed by atoms with Gasteiger partial charge in [0.25, 0.3) is 0 Å². The lowest BCUT2D eigenvalue weighted by molar-refractivity contribution is -0.168. The van der Waals surface area contributed by atoms with E-state index in [2.05, 4.69) is 7.80 Å². The summed E-state index contributed by atoms with van der Waals surface area (Å²) in [4.78, 5) is 36.4. The average molecular weight is 621 g/mol. The van der Waals surface area contributed by atoms with Gasteiger partial charge in [0.1, 0.15) is 13.2 Å². The molecule has 0 aromatic heterocycles. The van der Waals surface area contributed by atoms with Gasteiger partial charge in [0, 0.05) is 14.0 Å². The van der Waals surface area contributed by atoms with Crippen molar-refractivity contribution in [2.45, 2.75) is 26.4 Å². The smallest absolute Gasteiger partial charge is 0.424 e. The highest BCUT2D eigenvalue weighted by atomic mass is 127. The van der Waals surface area contributed by atoms with Crippen molar-refractivity contribution in [3.8, 4) is 0 Å². The molecule has 2 aromatic carbocycles. The fourth-order valence-corrected chi connectivity index (χ4v) is 3.70. The number of phosphoric ester groups is 1. The summed E-state index contributed by atoms with van der Waals surface area (Å²) >= 11 is 1.32. The third kappa shape index (κ3) is 11.2. The second-order valence-electron chi connectivity index (χ2n) is 6.99. The molecule has 0 spiro atoms. The molecule has 0 N–H and O–H groups in total. The maximum atomic E-state index is 13.2. The summed E-state index contributed by atoms with van der Waals surface area (Å²) < 4.78 is 43.1. The number of nitrogens with zero attached hydrogens (tertiary/aromatic N) is 1. The highest BCUT2D eigenvalue weighted by Crippen LogP contribution is 2.50. The monoisotopic (exact) mass is 621 g/mol. The van der Waals surface area contributed by atoms with Crippen molar-refractivity contribution in [1.82, 2.24) is 4.90 Å². The van der Waals surface area contributed by atoms with Crippen LogP contribution in [0.1, 0.15) is 18.1 Å². The number of ether oxygens (including phenoxy) is 2. The van der Waals surface area contributed by atoms with E-state index in [1.807, 2.05) is 12.1 Å². The van der Waals surface area contributed by atoms with Crippen LogP contribution < -0.4 is 0 Å². The molecule has 1 atom stereocenters. The summed E-state index contributed by atoms with van der Waals surface area (Å²) in [5.74, 6) is -1.53. The zero-order valence-electron chi connectivity index (χ0n) is 19.0. The van der Waals surface area contributed by atoms with Gasteiger partial charge in [-0.15, -0.1) is 0 Å². The highest BCUT2D eigenvalue weighted by molar-refractivity contribution is 14.1. The molecule has 0 aliphatic rings. The van der Waals surface area contributed by atoms with Gasteiger partial charge in [-0.1, -0.05) is 60.7 Å². The number of likely N-dealkylation sites (N-methyl/N-ethyl adjacent to an activating group) is 1. The van der Waals surface area contributed by atoms with E-state index in [1.165, 1.54) is 37.0 Å². The third-order valence-electron chi connectivity index (χ3n) is 4.23. The van der Waals surface area contributed by atoms with E-state index in [4.69, 9.17) is 18.3 Å². The molecule has 0 fully saturated rings. The standard InChI is InChI=1S/C22H25INO10P/c1-17(33-22(27)34-23)32-21(26)13-24(2)20(25)16-31-35(28,29-14-18-9-5-3-6-10-18)30-15-19-11-7-4-8-12-19/h3-12,17H,13-16H2,1-2H3. The van der Waals surface area contributed by atoms with E-state index in [9.17, 15) is 18.9 Å². The summed E-state index contributed by atoms with van der Waals surface area (Å²) in [5.41, 5.74) is 1.46. The van der Waals surface area contributed by atoms with Gasteiger partial charge < -0.3 is 17.4 Å². The molecule has 0 aliphatic heterocycles. The molecule has 0 saturated heterocycles. The minimum atomic E-state index is -4.16. The molecule has 0 radical (unpaired) electrons. The first kappa shape index (κ1) is 28.7. The van der Waals surface area contributed by atoms with Gasteiger partial charge in [0.2, 0.25) is 12.2 Å². The van der Waals surface area contributed by atoms with Crippen LogP contribution in [0.15, 0.2) is 60.7 Å². The second kappa shape index (κ2) is 14.8. The Morgan fingerprint density at radius 3 is 1.89 bits per heavy atom. The number of halogens is 1. The van der Waals surface area contributed by atoms with E-state index >= 15 is 0 Å². The Bertz CT molecular complexity index is 960. The van der Waals surface area contributed by atoms with Gasteiger partial charge in [-0.25, -0.2) is 9.36 Å². The van der Waals surface area contributed by atoms with Crippen LogP contribution in [0.4, 0.5) is 4.79 Å². The number of carbonyl (C=O) groups excluding carboxylic acids is 3. The van der Waals surface area contributed by atoms with E-state index in [0.29, 0.717) is 0 Å². The number of amides is 1. The van der Waals surface area contributed by atoms with Gasteiger partial charge in [0.15, 0.2) is 23.0 Å². The van der Waals surface area contributed by atoms with Crippen molar-refractivity contribution in [2.24, 2.45) is 0 Å². The number of carbonyl (C=O) groups is 3. The van der Waals surface area contributed by atoms with Gasteiger partial charge in [-0.2, -0.15) is 0 Å². The van der Waals surface area contributed by atoms with Crippen LogP contribution in [0.2, 0.25) is 0 Å². The fourth-order valence-electron chi connectivity index (χ4n) is 2.49. The van der Waals surface area contributed by atoms with E-state index in [1.54, 1.807) is 48.5 Å². The molecular weight excluding hydrogens is 596 g/mol. The number of hydrogen-bond donors (Lipinski definition) is 0. The summed E-state index contributed by atoms with van der Waals surface area (Å²) in [6.45, 7) is 0.00942. The van der Waals surface area contributed by atoms with Gasteiger partial charge in [0.05, 0.1) is 13.2 Å². The molecule has 2 rings (SSSR count). The van der Waals surface area contributed by atoms with Crippen LogP contribution in [0.3, 0.4) is 0 Å². The lowest BCUT2D eigenvalue weighted by Gasteiger charge is -2.21. The Balaban J connectivity index is 1.92. The number of esters is 1. The van der Waals surface area contributed by atoms with E-state index in [0.717, 1.165) is 16.0 Å². The predicted molar refractivity (Wildman–Crippen MR) is 131 cm³/mol. The van der Waals surface area contributed by atoms with Crippen molar-refractivity contribution in [2.75, 3.05) is 20.2 Å². The summed E-state index contributed by atoms with van der Waals surface area (Å²) in [5, 5.41) is 0. The molecule has 0 bridgehead atoms. The molecule has 2 aromatic rings. The van der Waals surface area contributed by atoms with Crippen LogP contribution >= 0.6 is 30.8 Å². The first-order chi connectivity index (χ1) is 16.7.